The van der Waals surface area contributed by atoms with E-state index >= 15 is 0 Å². The van der Waals surface area contributed by atoms with Crippen LogP contribution in [0, 0.1) is 5.92 Å². The zero-order chi connectivity index (χ0) is 17.0. The smallest absolute Gasteiger partial charge is 0.228 e. The van der Waals surface area contributed by atoms with Gasteiger partial charge in [-0.05, 0) is 20.3 Å². The molecule has 0 bridgehead atoms. The van der Waals surface area contributed by atoms with E-state index in [1.807, 2.05) is 23.6 Å². The van der Waals surface area contributed by atoms with E-state index in [-0.39, 0.29) is 29.7 Å². The number of carbonyl (C=O) groups is 3. The molecule has 2 rings (SSSR count). The van der Waals surface area contributed by atoms with Gasteiger partial charge in [-0.1, -0.05) is 13.3 Å². The van der Waals surface area contributed by atoms with Crippen LogP contribution >= 0.6 is 0 Å². The first kappa shape index (κ1) is 17.8. The lowest BCUT2D eigenvalue weighted by atomic mass is 10.1. The van der Waals surface area contributed by atoms with Crippen molar-refractivity contribution >= 4 is 17.7 Å². The second-order valence-corrected chi connectivity index (χ2v) is 6.85. The first-order valence-corrected chi connectivity index (χ1v) is 8.80. The molecule has 0 aliphatic carbocycles. The minimum absolute atomic E-state index is 0.0714. The second-order valence-electron chi connectivity index (χ2n) is 6.85. The predicted molar refractivity (Wildman–Crippen MR) is 87.6 cm³/mol. The monoisotopic (exact) mass is 323 g/mol. The summed E-state index contributed by atoms with van der Waals surface area (Å²) in [5, 5.41) is 0. The third kappa shape index (κ3) is 4.24. The van der Waals surface area contributed by atoms with Crippen molar-refractivity contribution in [2.24, 2.45) is 5.92 Å². The SMILES string of the molecule is CCCCC(=O)N1CCN(C(=O)C2CC(=O)N(C(C)C)C2)CC1. The van der Waals surface area contributed by atoms with Gasteiger partial charge in [0.1, 0.15) is 0 Å². The van der Waals surface area contributed by atoms with Gasteiger partial charge in [0.05, 0.1) is 5.92 Å². The van der Waals surface area contributed by atoms with Gasteiger partial charge >= 0.3 is 0 Å². The fourth-order valence-electron chi connectivity index (χ4n) is 3.32. The minimum atomic E-state index is -0.216. The van der Waals surface area contributed by atoms with E-state index in [1.54, 1.807) is 4.90 Å². The molecule has 1 unspecified atom stereocenters. The van der Waals surface area contributed by atoms with Crippen molar-refractivity contribution in [1.29, 1.82) is 0 Å². The van der Waals surface area contributed by atoms with Crippen LogP contribution in [0.15, 0.2) is 0 Å². The first-order chi connectivity index (χ1) is 10.9. The molecule has 2 aliphatic rings. The van der Waals surface area contributed by atoms with Crippen molar-refractivity contribution in [2.75, 3.05) is 32.7 Å². The van der Waals surface area contributed by atoms with Gasteiger partial charge < -0.3 is 14.7 Å². The number of carbonyl (C=O) groups excluding carboxylic acids is 3. The van der Waals surface area contributed by atoms with Crippen LogP contribution in [0.1, 0.15) is 46.5 Å². The number of hydrogen-bond acceptors (Lipinski definition) is 3. The quantitative estimate of drug-likeness (QED) is 0.761. The third-order valence-corrected chi connectivity index (χ3v) is 4.82. The maximum Gasteiger partial charge on any atom is 0.228 e. The molecule has 0 aromatic carbocycles. The molecule has 2 saturated heterocycles. The molecule has 0 aromatic rings. The summed E-state index contributed by atoms with van der Waals surface area (Å²) in [6, 6.07) is 0.147. The van der Waals surface area contributed by atoms with Gasteiger partial charge in [0, 0.05) is 51.6 Å². The second kappa shape index (κ2) is 7.79. The van der Waals surface area contributed by atoms with Gasteiger partial charge in [-0.15, -0.1) is 0 Å². The summed E-state index contributed by atoms with van der Waals surface area (Å²) in [7, 11) is 0. The first-order valence-electron chi connectivity index (χ1n) is 8.80. The van der Waals surface area contributed by atoms with Crippen LogP contribution in [0.25, 0.3) is 0 Å². The molecule has 2 aliphatic heterocycles. The molecule has 0 radical (unpaired) electrons. The molecule has 0 N–H and O–H groups in total. The zero-order valence-corrected chi connectivity index (χ0v) is 14.6. The van der Waals surface area contributed by atoms with Gasteiger partial charge in [0.2, 0.25) is 17.7 Å². The van der Waals surface area contributed by atoms with E-state index in [1.165, 1.54) is 0 Å². The number of unbranched alkanes of at least 4 members (excludes halogenated alkanes) is 1. The van der Waals surface area contributed by atoms with Gasteiger partial charge in [0.15, 0.2) is 0 Å². The Morgan fingerprint density at radius 1 is 1.13 bits per heavy atom. The van der Waals surface area contributed by atoms with Crippen molar-refractivity contribution in [3.63, 3.8) is 0 Å². The molecule has 6 heteroatoms. The van der Waals surface area contributed by atoms with Crippen LogP contribution < -0.4 is 0 Å². The molecule has 23 heavy (non-hydrogen) atoms. The Kier molecular flexibility index (Phi) is 6.02. The number of likely N-dealkylation sites (tertiary alicyclic amines) is 1. The number of amides is 3. The van der Waals surface area contributed by atoms with Crippen LogP contribution in [-0.2, 0) is 14.4 Å². The van der Waals surface area contributed by atoms with Crippen molar-refractivity contribution in [3.05, 3.63) is 0 Å². The van der Waals surface area contributed by atoms with Crippen molar-refractivity contribution < 1.29 is 14.4 Å². The van der Waals surface area contributed by atoms with E-state index in [4.69, 9.17) is 0 Å². The fourth-order valence-corrected chi connectivity index (χ4v) is 3.32. The summed E-state index contributed by atoms with van der Waals surface area (Å²) in [6.45, 7) is 8.97. The highest BCUT2D eigenvalue weighted by atomic mass is 16.2. The Hall–Kier alpha value is -1.59. The van der Waals surface area contributed by atoms with Crippen LogP contribution in [0.3, 0.4) is 0 Å². The molecule has 0 aromatic heterocycles. The summed E-state index contributed by atoms with van der Waals surface area (Å²) in [6.07, 6.45) is 2.87. The molecule has 3 amide bonds. The molecule has 0 spiro atoms. The Labute approximate surface area is 138 Å². The van der Waals surface area contributed by atoms with E-state index in [0.29, 0.717) is 45.6 Å². The number of nitrogens with zero attached hydrogens (tertiary/aromatic N) is 3. The third-order valence-electron chi connectivity index (χ3n) is 4.82. The lowest BCUT2D eigenvalue weighted by Gasteiger charge is -2.36. The largest absolute Gasteiger partial charge is 0.339 e. The molecule has 6 nitrogen and oxygen atoms in total. The average molecular weight is 323 g/mol. The highest BCUT2D eigenvalue weighted by Gasteiger charge is 2.38. The molecular formula is C17H29N3O3. The Bertz CT molecular complexity index is 456. The zero-order valence-electron chi connectivity index (χ0n) is 14.6. The Balaban J connectivity index is 1.82. The van der Waals surface area contributed by atoms with Gasteiger partial charge in [-0.25, -0.2) is 0 Å². The highest BCUT2D eigenvalue weighted by molar-refractivity contribution is 5.89. The predicted octanol–water partition coefficient (Wildman–Crippen LogP) is 1.10. The summed E-state index contributed by atoms with van der Waals surface area (Å²) in [4.78, 5) is 42.1. The number of piperazine rings is 1. The Morgan fingerprint density at radius 3 is 2.26 bits per heavy atom. The maximum atomic E-state index is 12.6. The van der Waals surface area contributed by atoms with E-state index < -0.39 is 0 Å². The summed E-state index contributed by atoms with van der Waals surface area (Å²) in [5.74, 6) is 0.127. The molecule has 130 valence electrons. The molecule has 1 atom stereocenters. The average Bonchev–Trinajstić information content (AvgIpc) is 2.94. The lowest BCUT2D eigenvalue weighted by Crippen LogP contribution is -2.52. The standard InChI is InChI=1S/C17H29N3O3/c1-4-5-6-15(21)18-7-9-19(10-8-18)17(23)14-11-16(22)20(12-14)13(2)3/h13-14H,4-12H2,1-3H3. The number of hydrogen-bond donors (Lipinski definition) is 0. The molecule has 2 heterocycles. The van der Waals surface area contributed by atoms with Crippen LogP contribution in [-0.4, -0.2) is 71.2 Å². The fraction of sp³-hybridized carbons (Fsp3) is 0.824. The maximum absolute atomic E-state index is 12.6. The van der Waals surface area contributed by atoms with E-state index in [0.717, 1.165) is 12.8 Å². The van der Waals surface area contributed by atoms with Gasteiger partial charge in [-0.3, -0.25) is 14.4 Å². The van der Waals surface area contributed by atoms with Gasteiger partial charge in [-0.2, -0.15) is 0 Å². The van der Waals surface area contributed by atoms with Crippen molar-refractivity contribution in [1.82, 2.24) is 14.7 Å². The van der Waals surface area contributed by atoms with Crippen LogP contribution in [0.4, 0.5) is 0 Å². The molecule has 0 saturated carbocycles. The molecule has 2 fully saturated rings. The minimum Gasteiger partial charge on any atom is -0.339 e. The summed E-state index contributed by atoms with van der Waals surface area (Å²) in [5.41, 5.74) is 0. The van der Waals surface area contributed by atoms with Crippen LogP contribution in [0.2, 0.25) is 0 Å². The summed E-state index contributed by atoms with van der Waals surface area (Å²) < 4.78 is 0. The number of rotatable bonds is 5. The normalized spacial score (nSPS) is 22.2. The molecular weight excluding hydrogens is 294 g/mol. The van der Waals surface area contributed by atoms with Crippen LogP contribution in [0.5, 0.6) is 0 Å². The van der Waals surface area contributed by atoms with Gasteiger partial charge in [0.25, 0.3) is 0 Å². The van der Waals surface area contributed by atoms with E-state index in [2.05, 4.69) is 6.92 Å². The lowest BCUT2D eigenvalue weighted by molar-refractivity contribution is -0.142. The highest BCUT2D eigenvalue weighted by Crippen LogP contribution is 2.22. The van der Waals surface area contributed by atoms with E-state index in [9.17, 15) is 14.4 Å². The summed E-state index contributed by atoms with van der Waals surface area (Å²) >= 11 is 0. The van der Waals surface area contributed by atoms with Crippen molar-refractivity contribution in [3.8, 4) is 0 Å². The van der Waals surface area contributed by atoms with Crippen molar-refractivity contribution in [2.45, 2.75) is 52.5 Å². The Morgan fingerprint density at radius 2 is 1.74 bits per heavy atom. The topological polar surface area (TPSA) is 60.9 Å².